The fourth-order valence-electron chi connectivity index (χ4n) is 3.78. The van der Waals surface area contributed by atoms with Gasteiger partial charge in [0.05, 0.1) is 0 Å². The molecule has 4 aliphatic heterocycles. The fraction of sp³-hybridized carbons (Fsp3) is 1.00. The first-order valence-corrected chi connectivity index (χ1v) is 6.75. The maximum atomic E-state index is 3.37. The van der Waals surface area contributed by atoms with Crippen molar-refractivity contribution >= 4 is 0 Å². The number of nitrogens with one attached hydrogen (secondary N) is 1. The molecule has 3 heteroatoms. The zero-order chi connectivity index (χ0) is 11.3. The van der Waals surface area contributed by atoms with E-state index in [0.29, 0.717) is 5.54 Å². The van der Waals surface area contributed by atoms with E-state index in [1.165, 1.54) is 39.1 Å². The highest BCUT2D eigenvalue weighted by Crippen LogP contribution is 2.38. The lowest BCUT2D eigenvalue weighted by molar-refractivity contribution is -0.122. The molecule has 1 N–H and O–H groups in total. The van der Waals surface area contributed by atoms with Crippen molar-refractivity contribution in [3.8, 4) is 0 Å². The van der Waals surface area contributed by atoms with Crippen molar-refractivity contribution in [3.05, 3.63) is 0 Å². The van der Waals surface area contributed by atoms with Crippen molar-refractivity contribution in [2.24, 2.45) is 5.92 Å². The molecule has 0 aromatic carbocycles. The second-order valence-electron chi connectivity index (χ2n) is 6.86. The number of fused-ring (bicyclic) bond motifs is 2. The van der Waals surface area contributed by atoms with Crippen molar-refractivity contribution in [1.29, 1.82) is 0 Å². The summed E-state index contributed by atoms with van der Waals surface area (Å²) in [4.78, 5) is 5.44. The Hall–Kier alpha value is -0.120. The highest BCUT2D eigenvalue weighted by Gasteiger charge is 2.49. The molecule has 0 aromatic rings. The highest BCUT2D eigenvalue weighted by atomic mass is 15.4. The van der Waals surface area contributed by atoms with E-state index >= 15 is 0 Å². The number of hydrogen-bond donors (Lipinski definition) is 1. The van der Waals surface area contributed by atoms with Crippen LogP contribution in [0.4, 0.5) is 0 Å². The van der Waals surface area contributed by atoms with Crippen LogP contribution in [-0.4, -0.2) is 60.1 Å². The minimum Gasteiger partial charge on any atom is -0.316 e. The maximum Gasteiger partial charge on any atom is 0.0247 e. The molecular formula is C13H25N3. The van der Waals surface area contributed by atoms with Crippen molar-refractivity contribution < 1.29 is 0 Å². The second-order valence-corrected chi connectivity index (χ2v) is 6.86. The summed E-state index contributed by atoms with van der Waals surface area (Å²) in [6.45, 7) is 13.5. The van der Waals surface area contributed by atoms with Gasteiger partial charge >= 0.3 is 0 Å². The molecule has 4 aliphatic rings. The molecule has 16 heavy (non-hydrogen) atoms. The number of rotatable bonds is 2. The Morgan fingerprint density at radius 1 is 1.12 bits per heavy atom. The molecule has 2 bridgehead atoms. The summed E-state index contributed by atoms with van der Waals surface area (Å²) >= 11 is 0. The number of piperidine rings is 1. The predicted molar refractivity (Wildman–Crippen MR) is 66.6 cm³/mol. The van der Waals surface area contributed by atoms with Crippen LogP contribution in [0.15, 0.2) is 0 Å². The molecule has 0 amide bonds. The maximum absolute atomic E-state index is 3.37. The summed E-state index contributed by atoms with van der Waals surface area (Å²) in [6, 6.07) is 1.68. The average molecular weight is 223 g/mol. The molecule has 0 aliphatic carbocycles. The fourth-order valence-corrected chi connectivity index (χ4v) is 3.78. The zero-order valence-electron chi connectivity index (χ0n) is 10.9. The van der Waals surface area contributed by atoms with Crippen LogP contribution in [0.5, 0.6) is 0 Å². The molecule has 0 aromatic heterocycles. The first kappa shape index (κ1) is 11.0. The Balaban J connectivity index is 1.55. The summed E-state index contributed by atoms with van der Waals surface area (Å²) in [7, 11) is 0. The molecule has 4 rings (SSSR count). The van der Waals surface area contributed by atoms with E-state index in [1.807, 2.05) is 0 Å². The van der Waals surface area contributed by atoms with Crippen molar-refractivity contribution in [3.63, 3.8) is 0 Å². The molecule has 0 saturated carbocycles. The van der Waals surface area contributed by atoms with Crippen molar-refractivity contribution in [2.75, 3.05) is 32.7 Å². The van der Waals surface area contributed by atoms with Gasteiger partial charge in [0.15, 0.2) is 0 Å². The smallest absolute Gasteiger partial charge is 0.0247 e. The van der Waals surface area contributed by atoms with E-state index in [9.17, 15) is 0 Å². The van der Waals surface area contributed by atoms with E-state index in [2.05, 4.69) is 35.9 Å². The van der Waals surface area contributed by atoms with Gasteiger partial charge in [0.1, 0.15) is 0 Å². The van der Waals surface area contributed by atoms with Crippen LogP contribution in [0.25, 0.3) is 0 Å². The Kier molecular flexibility index (Phi) is 2.54. The molecule has 4 fully saturated rings. The van der Waals surface area contributed by atoms with Crippen LogP contribution < -0.4 is 5.32 Å². The van der Waals surface area contributed by atoms with Crippen LogP contribution in [0.1, 0.15) is 27.2 Å². The summed E-state index contributed by atoms with van der Waals surface area (Å²) in [5.41, 5.74) is 0.373. The quantitative estimate of drug-likeness (QED) is 0.746. The van der Waals surface area contributed by atoms with E-state index in [-0.39, 0.29) is 0 Å². The average Bonchev–Trinajstić information content (AvgIpc) is 2.08. The zero-order valence-corrected chi connectivity index (χ0v) is 10.9. The topological polar surface area (TPSA) is 18.5 Å². The minimum absolute atomic E-state index is 0.373. The van der Waals surface area contributed by atoms with Crippen molar-refractivity contribution in [1.82, 2.24) is 15.1 Å². The third kappa shape index (κ3) is 1.79. The lowest BCUT2D eigenvalue weighted by Gasteiger charge is -2.62. The molecule has 3 nitrogen and oxygen atoms in total. The molecule has 2 unspecified atom stereocenters. The molecule has 0 spiro atoms. The van der Waals surface area contributed by atoms with Gasteiger partial charge in [0, 0.05) is 50.3 Å². The largest absolute Gasteiger partial charge is 0.316 e. The van der Waals surface area contributed by atoms with Gasteiger partial charge in [-0.2, -0.15) is 0 Å². The van der Waals surface area contributed by atoms with Crippen LogP contribution in [0.3, 0.4) is 0 Å². The third-order valence-electron chi connectivity index (χ3n) is 4.43. The van der Waals surface area contributed by atoms with Gasteiger partial charge in [-0.05, 0) is 33.1 Å². The van der Waals surface area contributed by atoms with E-state index < -0.39 is 0 Å². The standard InChI is InChI=1S/C13H25N3/c1-13(2,3)16-11-4-12(16)9-15(8-11)7-10-5-14-6-10/h10-12,14H,4-9H2,1-3H3. The first-order valence-electron chi connectivity index (χ1n) is 6.75. The molecule has 2 atom stereocenters. The monoisotopic (exact) mass is 223 g/mol. The van der Waals surface area contributed by atoms with E-state index in [4.69, 9.17) is 0 Å². The van der Waals surface area contributed by atoms with Crippen molar-refractivity contribution in [2.45, 2.75) is 44.8 Å². The van der Waals surface area contributed by atoms with E-state index in [0.717, 1.165) is 18.0 Å². The van der Waals surface area contributed by atoms with E-state index in [1.54, 1.807) is 0 Å². The van der Waals surface area contributed by atoms with Gasteiger partial charge in [-0.25, -0.2) is 0 Å². The summed E-state index contributed by atoms with van der Waals surface area (Å²) in [5, 5.41) is 3.37. The highest BCUT2D eigenvalue weighted by molar-refractivity contribution is 5.05. The lowest BCUT2D eigenvalue weighted by atomic mass is 9.81. The summed E-state index contributed by atoms with van der Waals surface area (Å²) < 4.78 is 0. The summed E-state index contributed by atoms with van der Waals surface area (Å²) in [6.07, 6.45) is 1.44. The molecule has 4 heterocycles. The molecular weight excluding hydrogens is 198 g/mol. The summed E-state index contributed by atoms with van der Waals surface area (Å²) in [5.74, 6) is 0.931. The van der Waals surface area contributed by atoms with Crippen LogP contribution in [-0.2, 0) is 0 Å². The van der Waals surface area contributed by atoms with Crippen LogP contribution >= 0.6 is 0 Å². The Morgan fingerprint density at radius 2 is 1.75 bits per heavy atom. The molecule has 4 saturated heterocycles. The van der Waals surface area contributed by atoms with Crippen LogP contribution in [0.2, 0.25) is 0 Å². The van der Waals surface area contributed by atoms with Gasteiger partial charge in [-0.1, -0.05) is 0 Å². The normalized spacial score (nSPS) is 36.9. The second kappa shape index (κ2) is 3.69. The number of piperazine rings is 1. The number of hydrogen-bond acceptors (Lipinski definition) is 3. The van der Waals surface area contributed by atoms with Gasteiger partial charge in [0.2, 0.25) is 0 Å². The SMILES string of the molecule is CC(C)(C)N1C2CC1CN(CC1CNC1)C2. The third-order valence-corrected chi connectivity index (χ3v) is 4.43. The number of nitrogens with zero attached hydrogens (tertiary/aromatic N) is 2. The Labute approximate surface area is 99.2 Å². The predicted octanol–water partition coefficient (Wildman–Crippen LogP) is 0.763. The van der Waals surface area contributed by atoms with Gasteiger partial charge in [-0.15, -0.1) is 0 Å². The van der Waals surface area contributed by atoms with Gasteiger partial charge in [-0.3, -0.25) is 9.80 Å². The Bertz CT molecular complexity index is 255. The van der Waals surface area contributed by atoms with Gasteiger partial charge < -0.3 is 5.32 Å². The minimum atomic E-state index is 0.373. The van der Waals surface area contributed by atoms with Crippen LogP contribution in [0, 0.1) is 5.92 Å². The first-order chi connectivity index (χ1) is 7.54. The lowest BCUT2D eigenvalue weighted by Crippen LogP contribution is -2.73. The molecule has 0 radical (unpaired) electrons. The van der Waals surface area contributed by atoms with Gasteiger partial charge in [0.25, 0.3) is 0 Å². The molecule has 92 valence electrons. The Morgan fingerprint density at radius 3 is 2.19 bits per heavy atom.